The van der Waals surface area contributed by atoms with Gasteiger partial charge in [-0.15, -0.1) is 11.3 Å². The lowest BCUT2D eigenvalue weighted by atomic mass is 9.79. The summed E-state index contributed by atoms with van der Waals surface area (Å²) in [4.78, 5) is 4.66. The highest BCUT2D eigenvalue weighted by Crippen LogP contribution is 2.33. The van der Waals surface area contributed by atoms with Crippen molar-refractivity contribution < 1.29 is 0 Å². The van der Waals surface area contributed by atoms with Crippen LogP contribution in [0.5, 0.6) is 0 Å². The van der Waals surface area contributed by atoms with Crippen LogP contribution in [-0.4, -0.2) is 4.98 Å². The standard InChI is InChI=1S/C14H26N2S/c1-4-6-7-8-9-14(3,5-2)12-11-17-13(10-15)16-12/h11H,4-10,15H2,1-3H3. The van der Waals surface area contributed by atoms with Gasteiger partial charge in [-0.2, -0.15) is 0 Å². The molecular formula is C14H26N2S. The molecule has 3 heteroatoms. The first-order chi connectivity index (χ1) is 8.16. The Morgan fingerprint density at radius 3 is 2.59 bits per heavy atom. The largest absolute Gasteiger partial charge is 0.325 e. The van der Waals surface area contributed by atoms with E-state index in [9.17, 15) is 0 Å². The number of aromatic nitrogens is 1. The summed E-state index contributed by atoms with van der Waals surface area (Å²) < 4.78 is 0. The predicted molar refractivity (Wildman–Crippen MR) is 76.4 cm³/mol. The van der Waals surface area contributed by atoms with Crippen LogP contribution in [-0.2, 0) is 12.0 Å². The zero-order chi connectivity index (χ0) is 12.7. The molecule has 98 valence electrons. The van der Waals surface area contributed by atoms with Gasteiger partial charge in [-0.25, -0.2) is 4.98 Å². The second kappa shape index (κ2) is 7.12. The van der Waals surface area contributed by atoms with E-state index in [0.717, 1.165) is 11.4 Å². The average molecular weight is 254 g/mol. The van der Waals surface area contributed by atoms with E-state index < -0.39 is 0 Å². The first kappa shape index (κ1) is 14.7. The lowest BCUT2D eigenvalue weighted by Gasteiger charge is -2.26. The molecule has 0 amide bonds. The van der Waals surface area contributed by atoms with Crippen molar-refractivity contribution in [1.29, 1.82) is 0 Å². The van der Waals surface area contributed by atoms with Gasteiger partial charge in [-0.05, 0) is 12.8 Å². The Hall–Kier alpha value is -0.410. The van der Waals surface area contributed by atoms with Gasteiger partial charge in [-0.3, -0.25) is 0 Å². The molecule has 1 heterocycles. The lowest BCUT2D eigenvalue weighted by molar-refractivity contribution is 0.387. The third kappa shape index (κ3) is 4.07. The van der Waals surface area contributed by atoms with Crippen LogP contribution in [0.4, 0.5) is 0 Å². The smallest absolute Gasteiger partial charge is 0.106 e. The molecule has 17 heavy (non-hydrogen) atoms. The number of hydrogen-bond donors (Lipinski definition) is 1. The molecule has 0 bridgehead atoms. The van der Waals surface area contributed by atoms with Crippen molar-refractivity contribution >= 4 is 11.3 Å². The van der Waals surface area contributed by atoms with Gasteiger partial charge >= 0.3 is 0 Å². The highest BCUT2D eigenvalue weighted by Gasteiger charge is 2.26. The molecule has 1 unspecified atom stereocenters. The molecule has 2 nitrogen and oxygen atoms in total. The van der Waals surface area contributed by atoms with Crippen LogP contribution in [0.1, 0.15) is 70.0 Å². The molecule has 0 saturated heterocycles. The van der Waals surface area contributed by atoms with Crippen LogP contribution < -0.4 is 5.73 Å². The molecule has 0 saturated carbocycles. The summed E-state index contributed by atoms with van der Waals surface area (Å²) in [6.45, 7) is 7.43. The van der Waals surface area contributed by atoms with Crippen molar-refractivity contribution in [3.8, 4) is 0 Å². The second-order valence-corrected chi connectivity index (χ2v) is 6.00. The highest BCUT2D eigenvalue weighted by molar-refractivity contribution is 7.09. The summed E-state index contributed by atoms with van der Waals surface area (Å²) >= 11 is 1.70. The number of rotatable bonds is 8. The SMILES string of the molecule is CCCCCCC(C)(CC)c1csc(CN)n1. The van der Waals surface area contributed by atoms with Crippen molar-refractivity contribution in [2.75, 3.05) is 0 Å². The maximum absolute atomic E-state index is 5.64. The molecule has 0 aliphatic carbocycles. The van der Waals surface area contributed by atoms with Crippen LogP contribution in [0.2, 0.25) is 0 Å². The minimum absolute atomic E-state index is 0.248. The van der Waals surface area contributed by atoms with Crippen LogP contribution in [0.15, 0.2) is 5.38 Å². The summed E-state index contributed by atoms with van der Waals surface area (Å²) in [5.41, 5.74) is 7.13. The highest BCUT2D eigenvalue weighted by atomic mass is 32.1. The van der Waals surface area contributed by atoms with E-state index >= 15 is 0 Å². The van der Waals surface area contributed by atoms with Crippen molar-refractivity contribution in [2.24, 2.45) is 5.73 Å². The van der Waals surface area contributed by atoms with Gasteiger partial charge in [0.05, 0.1) is 5.69 Å². The summed E-state index contributed by atoms with van der Waals surface area (Å²) in [6.07, 6.45) is 7.72. The van der Waals surface area contributed by atoms with Gasteiger partial charge in [0.25, 0.3) is 0 Å². The van der Waals surface area contributed by atoms with Crippen molar-refractivity contribution in [3.63, 3.8) is 0 Å². The van der Waals surface area contributed by atoms with Crippen molar-refractivity contribution in [3.05, 3.63) is 16.1 Å². The normalized spacial score (nSPS) is 14.8. The van der Waals surface area contributed by atoms with Crippen LogP contribution in [0.25, 0.3) is 0 Å². The molecule has 0 radical (unpaired) electrons. The Morgan fingerprint density at radius 2 is 2.06 bits per heavy atom. The number of thiazole rings is 1. The van der Waals surface area contributed by atoms with Gasteiger partial charge in [0.2, 0.25) is 0 Å². The lowest BCUT2D eigenvalue weighted by Crippen LogP contribution is -2.21. The molecule has 1 atom stereocenters. The Bertz CT molecular complexity index is 322. The molecule has 0 aliphatic heterocycles. The Labute approximate surface area is 110 Å². The molecule has 1 aromatic rings. The molecule has 0 aromatic carbocycles. The zero-order valence-electron chi connectivity index (χ0n) is 11.5. The minimum atomic E-state index is 0.248. The molecule has 2 N–H and O–H groups in total. The number of nitrogens with two attached hydrogens (primary N) is 1. The molecular weight excluding hydrogens is 228 g/mol. The van der Waals surface area contributed by atoms with E-state index in [1.807, 2.05) is 0 Å². The Morgan fingerprint density at radius 1 is 1.29 bits per heavy atom. The van der Waals surface area contributed by atoms with Crippen molar-refractivity contribution in [2.45, 2.75) is 71.3 Å². The first-order valence-electron chi connectivity index (χ1n) is 6.81. The van der Waals surface area contributed by atoms with E-state index in [0.29, 0.717) is 6.54 Å². The maximum Gasteiger partial charge on any atom is 0.106 e. The van der Waals surface area contributed by atoms with E-state index in [1.165, 1.54) is 37.8 Å². The fourth-order valence-corrected chi connectivity index (χ4v) is 2.94. The van der Waals surface area contributed by atoms with Crippen LogP contribution in [0.3, 0.4) is 0 Å². The van der Waals surface area contributed by atoms with Crippen LogP contribution >= 0.6 is 11.3 Å². The van der Waals surface area contributed by atoms with Gasteiger partial charge in [0.1, 0.15) is 5.01 Å². The van der Waals surface area contributed by atoms with Crippen LogP contribution in [0, 0.1) is 0 Å². The zero-order valence-corrected chi connectivity index (χ0v) is 12.3. The van der Waals surface area contributed by atoms with Crippen molar-refractivity contribution in [1.82, 2.24) is 4.98 Å². The summed E-state index contributed by atoms with van der Waals surface area (Å²) in [5, 5.41) is 3.26. The number of nitrogens with zero attached hydrogens (tertiary/aromatic N) is 1. The maximum atomic E-state index is 5.64. The topological polar surface area (TPSA) is 38.9 Å². The van der Waals surface area contributed by atoms with E-state index in [1.54, 1.807) is 11.3 Å². The molecule has 0 spiro atoms. The quantitative estimate of drug-likeness (QED) is 0.705. The molecule has 0 fully saturated rings. The first-order valence-corrected chi connectivity index (χ1v) is 7.69. The third-order valence-corrected chi connectivity index (χ3v) is 4.58. The van der Waals surface area contributed by atoms with Gasteiger partial charge in [0, 0.05) is 17.3 Å². The molecule has 0 aliphatic rings. The monoisotopic (exact) mass is 254 g/mol. The summed E-state index contributed by atoms with van der Waals surface area (Å²) in [6, 6.07) is 0. The number of hydrogen-bond acceptors (Lipinski definition) is 3. The van der Waals surface area contributed by atoms with E-state index in [2.05, 4.69) is 31.1 Å². The molecule has 1 aromatic heterocycles. The number of unbranched alkanes of at least 4 members (excludes halogenated alkanes) is 3. The predicted octanol–water partition coefficient (Wildman–Crippen LogP) is 4.24. The minimum Gasteiger partial charge on any atom is -0.325 e. The van der Waals surface area contributed by atoms with Gasteiger partial charge < -0.3 is 5.73 Å². The molecule has 1 rings (SSSR count). The van der Waals surface area contributed by atoms with Gasteiger partial charge in [0.15, 0.2) is 0 Å². The second-order valence-electron chi connectivity index (χ2n) is 5.06. The van der Waals surface area contributed by atoms with E-state index in [-0.39, 0.29) is 5.41 Å². The Balaban J connectivity index is 2.60. The summed E-state index contributed by atoms with van der Waals surface area (Å²) in [5.74, 6) is 0. The van der Waals surface area contributed by atoms with E-state index in [4.69, 9.17) is 5.73 Å². The van der Waals surface area contributed by atoms with Gasteiger partial charge in [-0.1, -0.05) is 46.5 Å². The third-order valence-electron chi connectivity index (χ3n) is 3.71. The fourth-order valence-electron chi connectivity index (χ4n) is 2.11. The summed E-state index contributed by atoms with van der Waals surface area (Å²) in [7, 11) is 0. The average Bonchev–Trinajstić information content (AvgIpc) is 2.83. The Kier molecular flexibility index (Phi) is 6.14. The fraction of sp³-hybridized carbons (Fsp3) is 0.786.